The average Bonchev–Trinajstić information content (AvgIpc) is 3.04. The van der Waals surface area contributed by atoms with Crippen LogP contribution in [0.3, 0.4) is 0 Å². The van der Waals surface area contributed by atoms with E-state index in [4.69, 9.17) is 9.72 Å². The van der Waals surface area contributed by atoms with E-state index in [0.717, 1.165) is 35.7 Å². The Morgan fingerprint density at radius 2 is 2.22 bits per heavy atom. The average molecular weight is 388 g/mol. The Morgan fingerprint density at radius 1 is 1.37 bits per heavy atom. The number of ether oxygens (including phenoxy) is 1. The first-order chi connectivity index (χ1) is 13.2. The van der Waals surface area contributed by atoms with Crippen LogP contribution in [-0.2, 0) is 16.1 Å². The number of benzene rings is 1. The molecule has 0 saturated heterocycles. The van der Waals surface area contributed by atoms with Crippen molar-refractivity contribution >= 4 is 28.7 Å². The molecule has 0 fully saturated rings. The Bertz CT molecular complexity index is 800. The summed E-state index contributed by atoms with van der Waals surface area (Å²) in [5.41, 5.74) is 3.52. The molecule has 146 valence electrons. The van der Waals surface area contributed by atoms with Crippen LogP contribution in [0, 0.1) is 0 Å². The second-order valence-corrected chi connectivity index (χ2v) is 8.24. The minimum atomic E-state index is -0.191. The number of rotatable bonds is 9. The molecule has 1 heterocycles. The summed E-state index contributed by atoms with van der Waals surface area (Å²) in [4.78, 5) is 17.2. The second-order valence-electron chi connectivity index (χ2n) is 6.94. The van der Waals surface area contributed by atoms with Gasteiger partial charge in [0.05, 0.1) is 22.9 Å². The number of hydrogen-bond donors (Lipinski definition) is 1. The van der Waals surface area contributed by atoms with Crippen LogP contribution in [-0.4, -0.2) is 41.0 Å². The van der Waals surface area contributed by atoms with Crippen molar-refractivity contribution in [2.24, 2.45) is 0 Å². The summed E-state index contributed by atoms with van der Waals surface area (Å²) in [6.07, 6.45) is 8.26. The van der Waals surface area contributed by atoms with Crippen molar-refractivity contribution in [3.05, 3.63) is 35.9 Å². The van der Waals surface area contributed by atoms with Gasteiger partial charge in [-0.2, -0.15) is 0 Å². The summed E-state index contributed by atoms with van der Waals surface area (Å²) in [6.45, 7) is 4.00. The number of thioether (sulfide) groups is 1. The van der Waals surface area contributed by atoms with Crippen LogP contribution in [0.15, 0.2) is 41.1 Å². The molecule has 1 aliphatic carbocycles. The zero-order valence-corrected chi connectivity index (χ0v) is 17.1. The normalized spacial score (nSPS) is 15.6. The minimum absolute atomic E-state index is 0.0711. The molecule has 1 N–H and O–H groups in total. The van der Waals surface area contributed by atoms with E-state index in [2.05, 4.69) is 22.0 Å². The van der Waals surface area contributed by atoms with E-state index in [-0.39, 0.29) is 11.2 Å². The molecule has 1 amide bonds. The molecule has 0 saturated carbocycles. The maximum atomic E-state index is 12.5. The van der Waals surface area contributed by atoms with Gasteiger partial charge in [0.1, 0.15) is 0 Å². The van der Waals surface area contributed by atoms with Gasteiger partial charge >= 0.3 is 0 Å². The Kier molecular flexibility index (Phi) is 7.35. The lowest BCUT2D eigenvalue weighted by molar-refractivity contribution is -0.120. The van der Waals surface area contributed by atoms with E-state index in [1.807, 2.05) is 25.1 Å². The smallest absolute Gasteiger partial charge is 0.233 e. The topological polar surface area (TPSA) is 56.1 Å². The molecule has 1 aliphatic rings. The standard InChI is InChI=1S/C21H29N3O2S/c1-16(20(25)22-13-12-17-8-4-3-5-9-17)27-21-23-18-10-6-7-11-19(18)24(21)14-15-26-2/h6-8,10-11,16H,3-5,9,12-15H2,1-2H3,(H,22,25). The third-order valence-electron chi connectivity index (χ3n) is 4.92. The summed E-state index contributed by atoms with van der Waals surface area (Å²) in [6, 6.07) is 8.06. The lowest BCUT2D eigenvalue weighted by atomic mass is 9.97. The van der Waals surface area contributed by atoms with Crippen LogP contribution in [0.5, 0.6) is 0 Å². The van der Waals surface area contributed by atoms with Crippen molar-refractivity contribution in [3.8, 4) is 0 Å². The fraction of sp³-hybridized carbons (Fsp3) is 0.524. The zero-order valence-electron chi connectivity index (χ0n) is 16.2. The number of nitrogens with one attached hydrogen (secondary N) is 1. The highest BCUT2D eigenvalue weighted by Gasteiger charge is 2.19. The van der Waals surface area contributed by atoms with Crippen molar-refractivity contribution in [1.29, 1.82) is 0 Å². The Morgan fingerprint density at radius 3 is 3.00 bits per heavy atom. The molecule has 1 unspecified atom stereocenters. The van der Waals surface area contributed by atoms with Gasteiger partial charge in [0.15, 0.2) is 5.16 Å². The zero-order chi connectivity index (χ0) is 19.1. The summed E-state index contributed by atoms with van der Waals surface area (Å²) in [7, 11) is 1.70. The molecule has 3 rings (SSSR count). The molecule has 2 aromatic rings. The minimum Gasteiger partial charge on any atom is -0.383 e. The van der Waals surface area contributed by atoms with Gasteiger partial charge in [-0.1, -0.05) is 35.5 Å². The molecule has 1 aromatic carbocycles. The fourth-order valence-corrected chi connectivity index (χ4v) is 4.35. The first-order valence-corrected chi connectivity index (χ1v) is 10.6. The number of carbonyl (C=O) groups is 1. The van der Waals surface area contributed by atoms with Gasteiger partial charge in [-0.05, 0) is 51.2 Å². The quantitative estimate of drug-likeness (QED) is 0.518. The monoisotopic (exact) mass is 387 g/mol. The van der Waals surface area contributed by atoms with E-state index in [1.54, 1.807) is 7.11 Å². The van der Waals surface area contributed by atoms with Crippen LogP contribution in [0.25, 0.3) is 11.0 Å². The van der Waals surface area contributed by atoms with E-state index >= 15 is 0 Å². The Hall–Kier alpha value is -1.79. The molecule has 1 atom stereocenters. The molecular formula is C21H29N3O2S. The lowest BCUT2D eigenvalue weighted by Gasteiger charge is -2.15. The number of carbonyl (C=O) groups excluding carboxylic acids is 1. The van der Waals surface area contributed by atoms with Gasteiger partial charge in [-0.25, -0.2) is 4.98 Å². The third kappa shape index (κ3) is 5.36. The van der Waals surface area contributed by atoms with Crippen LogP contribution in [0.4, 0.5) is 0 Å². The van der Waals surface area contributed by atoms with Gasteiger partial charge in [0, 0.05) is 20.2 Å². The van der Waals surface area contributed by atoms with Crippen molar-refractivity contribution in [2.75, 3.05) is 20.3 Å². The lowest BCUT2D eigenvalue weighted by Crippen LogP contribution is -2.32. The van der Waals surface area contributed by atoms with Gasteiger partial charge in [-0.3, -0.25) is 4.79 Å². The number of hydrogen-bond acceptors (Lipinski definition) is 4. The molecule has 6 heteroatoms. The summed E-state index contributed by atoms with van der Waals surface area (Å²) in [5, 5.41) is 3.76. The summed E-state index contributed by atoms with van der Waals surface area (Å²) >= 11 is 1.51. The highest BCUT2D eigenvalue weighted by molar-refractivity contribution is 8.00. The number of allylic oxidation sites excluding steroid dienone is 1. The molecule has 0 aliphatic heterocycles. The van der Waals surface area contributed by atoms with Crippen LogP contribution in [0.1, 0.15) is 39.0 Å². The number of nitrogens with zero attached hydrogens (tertiary/aromatic N) is 2. The van der Waals surface area contributed by atoms with Crippen LogP contribution >= 0.6 is 11.8 Å². The second kappa shape index (κ2) is 9.95. The van der Waals surface area contributed by atoms with Gasteiger partial charge in [0.25, 0.3) is 0 Å². The molecule has 0 bridgehead atoms. The Balaban J connectivity index is 1.59. The van der Waals surface area contributed by atoms with Gasteiger partial charge < -0.3 is 14.6 Å². The van der Waals surface area contributed by atoms with E-state index in [9.17, 15) is 4.79 Å². The Labute approximate surface area is 165 Å². The number of para-hydroxylation sites is 2. The highest BCUT2D eigenvalue weighted by atomic mass is 32.2. The van der Waals surface area contributed by atoms with Crippen molar-refractivity contribution in [3.63, 3.8) is 0 Å². The number of imidazole rings is 1. The van der Waals surface area contributed by atoms with E-state index < -0.39 is 0 Å². The third-order valence-corrected chi connectivity index (χ3v) is 6.01. The predicted octanol–water partition coefficient (Wildman–Crippen LogP) is 4.17. The maximum Gasteiger partial charge on any atom is 0.233 e. The molecule has 5 nitrogen and oxygen atoms in total. The first-order valence-electron chi connectivity index (χ1n) is 9.75. The first kappa shape index (κ1) is 20.0. The van der Waals surface area contributed by atoms with E-state index in [1.165, 1.54) is 43.0 Å². The number of aromatic nitrogens is 2. The van der Waals surface area contributed by atoms with Crippen LogP contribution in [0.2, 0.25) is 0 Å². The highest BCUT2D eigenvalue weighted by Crippen LogP contribution is 2.27. The molecule has 0 spiro atoms. The van der Waals surface area contributed by atoms with Gasteiger partial charge in [0.2, 0.25) is 5.91 Å². The summed E-state index contributed by atoms with van der Waals surface area (Å²) < 4.78 is 7.38. The predicted molar refractivity (Wildman–Crippen MR) is 111 cm³/mol. The maximum absolute atomic E-state index is 12.5. The fourth-order valence-electron chi connectivity index (χ4n) is 3.38. The molecule has 1 aromatic heterocycles. The number of amides is 1. The SMILES string of the molecule is COCCn1c(SC(C)C(=O)NCCC2=CCCCC2)nc2ccccc21. The van der Waals surface area contributed by atoms with E-state index in [0.29, 0.717) is 6.61 Å². The van der Waals surface area contributed by atoms with Crippen molar-refractivity contribution in [1.82, 2.24) is 14.9 Å². The molecular weight excluding hydrogens is 358 g/mol. The molecule has 27 heavy (non-hydrogen) atoms. The number of methoxy groups -OCH3 is 1. The van der Waals surface area contributed by atoms with Gasteiger partial charge in [-0.15, -0.1) is 0 Å². The van der Waals surface area contributed by atoms with Crippen LogP contribution < -0.4 is 5.32 Å². The summed E-state index contributed by atoms with van der Waals surface area (Å²) in [5.74, 6) is 0.0711. The van der Waals surface area contributed by atoms with Crippen molar-refractivity contribution in [2.45, 2.75) is 56.0 Å². The van der Waals surface area contributed by atoms with Crippen molar-refractivity contribution < 1.29 is 9.53 Å². The molecule has 0 radical (unpaired) electrons. The largest absolute Gasteiger partial charge is 0.383 e. The number of fused-ring (bicyclic) bond motifs is 1.